The van der Waals surface area contributed by atoms with Gasteiger partial charge >= 0.3 is 0 Å². The summed E-state index contributed by atoms with van der Waals surface area (Å²) in [5, 5.41) is 0. The highest BCUT2D eigenvalue weighted by Crippen LogP contribution is 2.35. The van der Waals surface area contributed by atoms with Gasteiger partial charge in [-0.2, -0.15) is 0 Å². The van der Waals surface area contributed by atoms with Crippen LogP contribution in [0.1, 0.15) is 50.9 Å². The minimum absolute atomic E-state index is 0.0911. The van der Waals surface area contributed by atoms with Crippen LogP contribution in [-0.2, 0) is 0 Å². The van der Waals surface area contributed by atoms with Crippen LogP contribution in [0.25, 0.3) is 0 Å². The molecule has 0 aromatic carbocycles. The predicted molar refractivity (Wildman–Crippen MR) is 56.9 cm³/mol. The highest BCUT2D eigenvalue weighted by molar-refractivity contribution is 5.05. The molecule has 3 atom stereocenters. The van der Waals surface area contributed by atoms with Gasteiger partial charge in [0.15, 0.2) is 0 Å². The molecule has 0 spiro atoms. The zero-order valence-electron chi connectivity index (χ0n) is 8.98. The van der Waals surface area contributed by atoms with Crippen molar-refractivity contribution >= 4 is 0 Å². The Morgan fingerprint density at radius 2 is 2.36 bits per heavy atom. The van der Waals surface area contributed by atoms with Gasteiger partial charge in [-0.3, -0.25) is 0 Å². The Balaban J connectivity index is 2.19. The van der Waals surface area contributed by atoms with Crippen LogP contribution in [0.5, 0.6) is 0 Å². The van der Waals surface area contributed by atoms with Crippen molar-refractivity contribution < 1.29 is 0 Å². The molecule has 1 fully saturated rings. The van der Waals surface area contributed by atoms with Gasteiger partial charge in [-0.1, -0.05) is 6.92 Å². The third kappa shape index (κ3) is 1.69. The summed E-state index contributed by atoms with van der Waals surface area (Å²) in [5.41, 5.74) is 7.07. The third-order valence-electron chi connectivity index (χ3n) is 3.22. The van der Waals surface area contributed by atoms with E-state index >= 15 is 0 Å². The van der Waals surface area contributed by atoms with Crippen LogP contribution >= 0.6 is 0 Å². The van der Waals surface area contributed by atoms with Crippen LogP contribution in [0.4, 0.5) is 0 Å². The van der Waals surface area contributed by atoms with E-state index in [0.29, 0.717) is 6.04 Å². The molecule has 2 rings (SSSR count). The van der Waals surface area contributed by atoms with Crippen molar-refractivity contribution in [3.63, 3.8) is 0 Å². The summed E-state index contributed by atoms with van der Waals surface area (Å²) in [6.07, 6.45) is 7.71. The number of rotatable bonds is 2. The van der Waals surface area contributed by atoms with E-state index in [0.717, 1.165) is 5.92 Å². The zero-order valence-corrected chi connectivity index (χ0v) is 8.98. The second-order valence-corrected chi connectivity index (χ2v) is 4.59. The molecule has 1 aromatic heterocycles. The van der Waals surface area contributed by atoms with E-state index in [-0.39, 0.29) is 6.04 Å². The van der Waals surface area contributed by atoms with Crippen molar-refractivity contribution in [3.05, 3.63) is 18.2 Å². The highest BCUT2D eigenvalue weighted by Gasteiger charge is 2.24. The highest BCUT2D eigenvalue weighted by atomic mass is 15.1. The smallest absolute Gasteiger partial charge is 0.0951 e. The lowest BCUT2D eigenvalue weighted by Crippen LogP contribution is -2.14. The van der Waals surface area contributed by atoms with Crippen LogP contribution in [0.2, 0.25) is 0 Å². The number of aromatic nitrogens is 2. The van der Waals surface area contributed by atoms with Crippen LogP contribution in [0, 0.1) is 5.92 Å². The fourth-order valence-electron chi connectivity index (χ4n) is 2.40. The molecule has 2 N–H and O–H groups in total. The predicted octanol–water partition coefficient (Wildman–Crippen LogP) is 2.26. The summed E-state index contributed by atoms with van der Waals surface area (Å²) in [7, 11) is 0. The standard InChI is InChI=1S/C11H19N3/c1-8-3-4-10(5-8)14-7-13-6-11(14)9(2)12/h6-10H,3-5,12H2,1-2H3/t8?,9-,10?/m1/s1. The molecule has 3 heteroatoms. The van der Waals surface area contributed by atoms with Gasteiger partial charge in [0, 0.05) is 18.3 Å². The molecular weight excluding hydrogens is 174 g/mol. The van der Waals surface area contributed by atoms with Gasteiger partial charge in [-0.15, -0.1) is 0 Å². The molecule has 14 heavy (non-hydrogen) atoms. The first-order valence-electron chi connectivity index (χ1n) is 5.45. The topological polar surface area (TPSA) is 43.8 Å². The van der Waals surface area contributed by atoms with Crippen LogP contribution < -0.4 is 5.73 Å². The summed E-state index contributed by atoms with van der Waals surface area (Å²) in [6, 6.07) is 0.724. The molecule has 0 amide bonds. The van der Waals surface area contributed by atoms with Crippen molar-refractivity contribution in [2.75, 3.05) is 0 Å². The minimum atomic E-state index is 0.0911. The van der Waals surface area contributed by atoms with Crippen LogP contribution in [0.15, 0.2) is 12.5 Å². The van der Waals surface area contributed by atoms with Gasteiger partial charge in [-0.25, -0.2) is 4.98 Å². The Kier molecular flexibility index (Phi) is 2.59. The molecule has 2 unspecified atom stereocenters. The summed E-state index contributed by atoms with van der Waals surface area (Å²) < 4.78 is 2.27. The van der Waals surface area contributed by atoms with Crippen molar-refractivity contribution in [2.45, 2.75) is 45.2 Å². The normalized spacial score (nSPS) is 29.4. The molecule has 3 nitrogen and oxygen atoms in total. The molecule has 1 heterocycles. The molecule has 0 aliphatic heterocycles. The summed E-state index contributed by atoms with van der Waals surface area (Å²) in [6.45, 7) is 4.34. The molecule has 1 aromatic rings. The summed E-state index contributed by atoms with van der Waals surface area (Å²) in [4.78, 5) is 4.20. The molecule has 0 radical (unpaired) electrons. The van der Waals surface area contributed by atoms with Gasteiger partial charge in [0.25, 0.3) is 0 Å². The van der Waals surface area contributed by atoms with Gasteiger partial charge in [0.1, 0.15) is 0 Å². The van der Waals surface area contributed by atoms with Gasteiger partial charge in [-0.05, 0) is 32.1 Å². The van der Waals surface area contributed by atoms with E-state index in [1.807, 2.05) is 19.4 Å². The Morgan fingerprint density at radius 1 is 1.57 bits per heavy atom. The maximum absolute atomic E-state index is 5.90. The Bertz CT molecular complexity index is 303. The summed E-state index contributed by atoms with van der Waals surface area (Å²) >= 11 is 0. The largest absolute Gasteiger partial charge is 0.330 e. The molecule has 0 bridgehead atoms. The Hall–Kier alpha value is -0.830. The molecule has 78 valence electrons. The second kappa shape index (κ2) is 3.73. The minimum Gasteiger partial charge on any atom is -0.330 e. The van der Waals surface area contributed by atoms with Crippen LogP contribution in [0.3, 0.4) is 0 Å². The lowest BCUT2D eigenvalue weighted by molar-refractivity contribution is 0.470. The number of hydrogen-bond acceptors (Lipinski definition) is 2. The fraction of sp³-hybridized carbons (Fsp3) is 0.727. The number of nitrogens with zero attached hydrogens (tertiary/aromatic N) is 2. The fourth-order valence-corrected chi connectivity index (χ4v) is 2.40. The molecule has 1 aliphatic carbocycles. The SMILES string of the molecule is CC1CCC(n2cncc2[C@@H](C)N)C1. The van der Waals surface area contributed by atoms with E-state index in [1.165, 1.54) is 25.0 Å². The van der Waals surface area contributed by atoms with E-state index in [2.05, 4.69) is 16.5 Å². The van der Waals surface area contributed by atoms with E-state index < -0.39 is 0 Å². The van der Waals surface area contributed by atoms with E-state index in [4.69, 9.17) is 5.73 Å². The molecular formula is C11H19N3. The first kappa shape index (κ1) is 9.71. The first-order chi connectivity index (χ1) is 6.68. The number of nitrogens with two attached hydrogens (primary N) is 1. The molecule has 1 saturated carbocycles. The van der Waals surface area contributed by atoms with E-state index in [9.17, 15) is 0 Å². The molecule has 0 saturated heterocycles. The Labute approximate surface area is 85.3 Å². The quantitative estimate of drug-likeness (QED) is 0.783. The lowest BCUT2D eigenvalue weighted by Gasteiger charge is -2.17. The second-order valence-electron chi connectivity index (χ2n) is 4.59. The van der Waals surface area contributed by atoms with Crippen molar-refractivity contribution in [3.8, 4) is 0 Å². The third-order valence-corrected chi connectivity index (χ3v) is 3.22. The molecule has 1 aliphatic rings. The zero-order chi connectivity index (χ0) is 10.1. The van der Waals surface area contributed by atoms with E-state index in [1.54, 1.807) is 0 Å². The Morgan fingerprint density at radius 3 is 2.93 bits per heavy atom. The summed E-state index contributed by atoms with van der Waals surface area (Å²) in [5.74, 6) is 0.850. The number of imidazole rings is 1. The van der Waals surface area contributed by atoms with Crippen LogP contribution in [-0.4, -0.2) is 9.55 Å². The van der Waals surface area contributed by atoms with Gasteiger partial charge in [0.2, 0.25) is 0 Å². The number of hydrogen-bond donors (Lipinski definition) is 1. The van der Waals surface area contributed by atoms with Crippen molar-refractivity contribution in [1.82, 2.24) is 9.55 Å². The lowest BCUT2D eigenvalue weighted by atomic mass is 10.1. The monoisotopic (exact) mass is 193 g/mol. The average Bonchev–Trinajstić information content (AvgIpc) is 2.70. The van der Waals surface area contributed by atoms with Gasteiger partial charge < -0.3 is 10.3 Å². The van der Waals surface area contributed by atoms with Crippen molar-refractivity contribution in [1.29, 1.82) is 0 Å². The average molecular weight is 193 g/mol. The maximum Gasteiger partial charge on any atom is 0.0951 e. The van der Waals surface area contributed by atoms with Crippen molar-refractivity contribution in [2.24, 2.45) is 11.7 Å². The maximum atomic E-state index is 5.90. The van der Waals surface area contributed by atoms with Gasteiger partial charge in [0.05, 0.1) is 12.0 Å². The first-order valence-corrected chi connectivity index (χ1v) is 5.45.